The molecule has 0 aromatic heterocycles. The molecule has 1 aliphatic carbocycles. The number of carbonyl (C=O) groups excluding carboxylic acids is 1. The van der Waals surface area contributed by atoms with Crippen LogP contribution >= 0.6 is 0 Å². The molecule has 0 aromatic carbocycles. The molecule has 1 saturated carbocycles. The zero-order valence-electron chi connectivity index (χ0n) is 9.37. The summed E-state index contributed by atoms with van der Waals surface area (Å²) in [5, 5.41) is 0. The highest BCUT2D eigenvalue weighted by Crippen LogP contribution is 2.31. The Labute approximate surface area is 90.8 Å². The summed E-state index contributed by atoms with van der Waals surface area (Å²) < 4.78 is 5.54. The number of hydrogen-bond acceptors (Lipinski definition) is 3. The lowest BCUT2D eigenvalue weighted by Crippen LogP contribution is -2.62. The van der Waals surface area contributed by atoms with E-state index in [0.29, 0.717) is 19.7 Å². The van der Waals surface area contributed by atoms with Crippen LogP contribution in [0.15, 0.2) is 0 Å². The lowest BCUT2D eigenvalue weighted by atomic mass is 9.76. The van der Waals surface area contributed by atoms with E-state index in [4.69, 9.17) is 10.5 Å². The summed E-state index contributed by atoms with van der Waals surface area (Å²) in [6.07, 6.45) is 3.94. The molecule has 4 nitrogen and oxygen atoms in total. The maximum absolute atomic E-state index is 12.1. The van der Waals surface area contributed by atoms with Crippen molar-refractivity contribution < 1.29 is 9.53 Å². The van der Waals surface area contributed by atoms with E-state index in [9.17, 15) is 4.79 Å². The summed E-state index contributed by atoms with van der Waals surface area (Å²) in [4.78, 5) is 14.0. The quantitative estimate of drug-likeness (QED) is 0.725. The predicted molar refractivity (Wildman–Crippen MR) is 57.4 cm³/mol. The van der Waals surface area contributed by atoms with E-state index < -0.39 is 5.54 Å². The molecule has 2 aliphatic rings. The fraction of sp³-hybridized carbons (Fsp3) is 0.909. The molecule has 1 aliphatic heterocycles. The molecule has 2 N–H and O–H groups in total. The Balaban J connectivity index is 1.95. The summed E-state index contributed by atoms with van der Waals surface area (Å²) in [7, 11) is 0. The van der Waals surface area contributed by atoms with Gasteiger partial charge in [0.1, 0.15) is 0 Å². The second-order valence-corrected chi connectivity index (χ2v) is 4.66. The molecule has 1 heterocycles. The Kier molecular flexibility index (Phi) is 2.98. The molecule has 1 atom stereocenters. The van der Waals surface area contributed by atoms with Crippen LogP contribution in [0.3, 0.4) is 0 Å². The second-order valence-electron chi connectivity index (χ2n) is 4.66. The van der Waals surface area contributed by atoms with Gasteiger partial charge in [-0.2, -0.15) is 0 Å². The average molecular weight is 212 g/mol. The first-order valence-corrected chi connectivity index (χ1v) is 5.85. The molecule has 0 radical (unpaired) electrons. The van der Waals surface area contributed by atoms with Gasteiger partial charge in [-0.1, -0.05) is 6.92 Å². The summed E-state index contributed by atoms with van der Waals surface area (Å²) in [5.74, 6) is 0.135. The minimum absolute atomic E-state index is 0.135. The molecule has 1 amide bonds. The Morgan fingerprint density at radius 3 is 2.87 bits per heavy atom. The zero-order chi connectivity index (χ0) is 10.9. The van der Waals surface area contributed by atoms with Crippen LogP contribution < -0.4 is 5.73 Å². The van der Waals surface area contributed by atoms with E-state index in [2.05, 4.69) is 6.92 Å². The molecular weight excluding hydrogens is 192 g/mol. The molecule has 0 spiro atoms. The Morgan fingerprint density at radius 2 is 2.33 bits per heavy atom. The van der Waals surface area contributed by atoms with Gasteiger partial charge in [-0.05, 0) is 25.7 Å². The van der Waals surface area contributed by atoms with Gasteiger partial charge in [0.05, 0.1) is 18.2 Å². The highest BCUT2D eigenvalue weighted by molar-refractivity contribution is 5.87. The fourth-order valence-electron chi connectivity index (χ4n) is 2.24. The van der Waals surface area contributed by atoms with Gasteiger partial charge in [0.25, 0.3) is 0 Å². The molecule has 0 aromatic rings. The van der Waals surface area contributed by atoms with Crippen molar-refractivity contribution in [1.29, 1.82) is 0 Å². The number of hydrogen-bond donors (Lipinski definition) is 1. The third-order valence-electron chi connectivity index (χ3n) is 3.55. The smallest absolute Gasteiger partial charge is 0.242 e. The van der Waals surface area contributed by atoms with Crippen molar-refractivity contribution in [3.05, 3.63) is 0 Å². The third-order valence-corrected chi connectivity index (χ3v) is 3.55. The van der Waals surface area contributed by atoms with Gasteiger partial charge >= 0.3 is 0 Å². The molecule has 2 fully saturated rings. The molecule has 1 unspecified atom stereocenters. The first kappa shape index (κ1) is 10.9. The van der Waals surface area contributed by atoms with E-state index in [0.717, 1.165) is 25.7 Å². The summed E-state index contributed by atoms with van der Waals surface area (Å²) in [5.41, 5.74) is 5.49. The average Bonchev–Trinajstić information content (AvgIpc) is 2.25. The van der Waals surface area contributed by atoms with Crippen LogP contribution in [0.25, 0.3) is 0 Å². The van der Waals surface area contributed by atoms with Crippen LogP contribution in [-0.2, 0) is 9.53 Å². The summed E-state index contributed by atoms with van der Waals surface area (Å²) in [6.45, 7) is 4.16. The topological polar surface area (TPSA) is 55.6 Å². The highest BCUT2D eigenvalue weighted by Gasteiger charge is 2.43. The third kappa shape index (κ3) is 2.01. The number of nitrogens with two attached hydrogens (primary N) is 1. The van der Waals surface area contributed by atoms with Gasteiger partial charge in [0.2, 0.25) is 5.91 Å². The lowest BCUT2D eigenvalue weighted by Gasteiger charge is -2.42. The van der Waals surface area contributed by atoms with Gasteiger partial charge < -0.3 is 15.4 Å². The van der Waals surface area contributed by atoms with Crippen LogP contribution in [0.1, 0.15) is 32.6 Å². The molecular formula is C11H20N2O2. The minimum Gasteiger partial charge on any atom is -0.375 e. The number of amides is 1. The SMILES string of the molecule is CCC1CN(C(=O)C2(N)CCC2)CCO1. The maximum Gasteiger partial charge on any atom is 0.242 e. The second kappa shape index (κ2) is 4.10. The minimum atomic E-state index is -0.546. The van der Waals surface area contributed by atoms with Crippen LogP contribution in [0.5, 0.6) is 0 Å². The zero-order valence-corrected chi connectivity index (χ0v) is 9.37. The predicted octanol–water partition coefficient (Wildman–Crippen LogP) is 0.505. The van der Waals surface area contributed by atoms with Crippen molar-refractivity contribution in [3.63, 3.8) is 0 Å². The number of carbonyl (C=O) groups is 1. The van der Waals surface area contributed by atoms with Gasteiger partial charge in [-0.15, -0.1) is 0 Å². The van der Waals surface area contributed by atoms with Crippen molar-refractivity contribution in [2.24, 2.45) is 5.73 Å². The first-order chi connectivity index (χ1) is 7.15. The molecule has 4 heteroatoms. The molecule has 2 rings (SSSR count). The monoisotopic (exact) mass is 212 g/mol. The van der Waals surface area contributed by atoms with Crippen LogP contribution in [0.2, 0.25) is 0 Å². The fourth-order valence-corrected chi connectivity index (χ4v) is 2.24. The van der Waals surface area contributed by atoms with Crippen molar-refractivity contribution in [2.45, 2.75) is 44.2 Å². The van der Waals surface area contributed by atoms with Crippen LogP contribution in [0, 0.1) is 0 Å². The molecule has 15 heavy (non-hydrogen) atoms. The standard InChI is InChI=1S/C11H20N2O2/c1-2-9-8-13(6-7-15-9)10(14)11(12)4-3-5-11/h9H,2-8,12H2,1H3. The van der Waals surface area contributed by atoms with Gasteiger partial charge in [-0.3, -0.25) is 4.79 Å². The maximum atomic E-state index is 12.1. The van der Waals surface area contributed by atoms with E-state index in [-0.39, 0.29) is 12.0 Å². The lowest BCUT2D eigenvalue weighted by molar-refractivity contribution is -0.147. The van der Waals surface area contributed by atoms with Crippen molar-refractivity contribution >= 4 is 5.91 Å². The van der Waals surface area contributed by atoms with Crippen molar-refractivity contribution in [2.75, 3.05) is 19.7 Å². The van der Waals surface area contributed by atoms with Crippen molar-refractivity contribution in [3.8, 4) is 0 Å². The summed E-state index contributed by atoms with van der Waals surface area (Å²) >= 11 is 0. The van der Waals surface area contributed by atoms with E-state index in [1.807, 2.05) is 4.90 Å². The van der Waals surface area contributed by atoms with Crippen LogP contribution in [0.4, 0.5) is 0 Å². The Morgan fingerprint density at radius 1 is 1.60 bits per heavy atom. The van der Waals surface area contributed by atoms with Gasteiger partial charge in [-0.25, -0.2) is 0 Å². The first-order valence-electron chi connectivity index (χ1n) is 5.85. The largest absolute Gasteiger partial charge is 0.375 e. The number of morpholine rings is 1. The highest BCUT2D eigenvalue weighted by atomic mass is 16.5. The van der Waals surface area contributed by atoms with E-state index >= 15 is 0 Å². The number of nitrogens with zero attached hydrogens (tertiary/aromatic N) is 1. The van der Waals surface area contributed by atoms with Crippen LogP contribution in [-0.4, -0.2) is 42.1 Å². The van der Waals surface area contributed by atoms with Gasteiger partial charge in [0, 0.05) is 13.1 Å². The Bertz CT molecular complexity index is 251. The number of ether oxygens (including phenoxy) is 1. The number of rotatable bonds is 2. The summed E-state index contributed by atoms with van der Waals surface area (Å²) in [6, 6.07) is 0. The molecule has 0 bridgehead atoms. The van der Waals surface area contributed by atoms with E-state index in [1.165, 1.54) is 0 Å². The van der Waals surface area contributed by atoms with Crippen molar-refractivity contribution in [1.82, 2.24) is 4.90 Å². The molecule has 1 saturated heterocycles. The van der Waals surface area contributed by atoms with E-state index in [1.54, 1.807) is 0 Å². The normalized spacial score (nSPS) is 29.7. The Hall–Kier alpha value is -0.610. The molecule has 86 valence electrons. The van der Waals surface area contributed by atoms with Gasteiger partial charge in [0.15, 0.2) is 0 Å².